The minimum Gasteiger partial charge on any atom is -0.377 e. The van der Waals surface area contributed by atoms with Gasteiger partial charge in [0.2, 0.25) is 11.8 Å². The first kappa shape index (κ1) is 20.3. The van der Waals surface area contributed by atoms with Crippen LogP contribution in [0.25, 0.3) is 0 Å². The summed E-state index contributed by atoms with van der Waals surface area (Å²) in [6.07, 6.45) is 4.12. The van der Waals surface area contributed by atoms with Gasteiger partial charge in [-0.05, 0) is 25.2 Å². The third kappa shape index (κ3) is 9.17. The molecule has 1 aliphatic rings. The Morgan fingerprint density at radius 3 is 2.74 bits per heavy atom. The van der Waals surface area contributed by atoms with E-state index in [0.717, 1.165) is 25.2 Å². The molecule has 134 valence electrons. The number of nitrogens with two attached hydrogens (primary N) is 1. The fourth-order valence-electron chi connectivity index (χ4n) is 2.38. The SMILES string of the molecule is CC(C)CC(=O)N[C@H](CSCC1CCCCO1)C(=O)NCCN. The van der Waals surface area contributed by atoms with Gasteiger partial charge in [-0.3, -0.25) is 9.59 Å². The van der Waals surface area contributed by atoms with Crippen molar-refractivity contribution in [2.24, 2.45) is 11.7 Å². The van der Waals surface area contributed by atoms with Crippen molar-refractivity contribution in [3.63, 3.8) is 0 Å². The maximum absolute atomic E-state index is 12.2. The number of ether oxygens (including phenoxy) is 1. The van der Waals surface area contributed by atoms with Crippen molar-refractivity contribution in [2.75, 3.05) is 31.2 Å². The zero-order chi connectivity index (χ0) is 17.1. The van der Waals surface area contributed by atoms with Crippen molar-refractivity contribution in [1.29, 1.82) is 0 Å². The second kappa shape index (κ2) is 11.7. The van der Waals surface area contributed by atoms with Gasteiger partial charge in [0.25, 0.3) is 0 Å². The van der Waals surface area contributed by atoms with E-state index in [1.807, 2.05) is 13.8 Å². The highest BCUT2D eigenvalue weighted by Crippen LogP contribution is 2.17. The molecule has 1 aliphatic heterocycles. The zero-order valence-electron chi connectivity index (χ0n) is 14.3. The summed E-state index contributed by atoms with van der Waals surface area (Å²) in [5.41, 5.74) is 5.42. The predicted molar refractivity (Wildman–Crippen MR) is 94.4 cm³/mol. The molecular formula is C16H31N3O3S. The van der Waals surface area contributed by atoms with Crippen molar-refractivity contribution in [3.8, 4) is 0 Å². The molecule has 1 rings (SSSR count). The van der Waals surface area contributed by atoms with Crippen molar-refractivity contribution in [1.82, 2.24) is 10.6 Å². The van der Waals surface area contributed by atoms with Gasteiger partial charge in [-0.1, -0.05) is 13.8 Å². The molecule has 4 N–H and O–H groups in total. The molecule has 23 heavy (non-hydrogen) atoms. The summed E-state index contributed by atoms with van der Waals surface area (Å²) in [6.45, 7) is 5.61. The van der Waals surface area contributed by atoms with E-state index < -0.39 is 6.04 Å². The van der Waals surface area contributed by atoms with Crippen LogP contribution in [0.2, 0.25) is 0 Å². The number of nitrogens with one attached hydrogen (secondary N) is 2. The van der Waals surface area contributed by atoms with E-state index >= 15 is 0 Å². The predicted octanol–water partition coefficient (Wildman–Crippen LogP) is 0.895. The topological polar surface area (TPSA) is 93.4 Å². The molecule has 0 aromatic carbocycles. The maximum Gasteiger partial charge on any atom is 0.243 e. The summed E-state index contributed by atoms with van der Waals surface area (Å²) in [7, 11) is 0. The van der Waals surface area contributed by atoms with Gasteiger partial charge in [0.15, 0.2) is 0 Å². The van der Waals surface area contributed by atoms with Crippen LogP contribution >= 0.6 is 11.8 Å². The molecule has 0 bridgehead atoms. The van der Waals surface area contributed by atoms with Crippen molar-refractivity contribution >= 4 is 23.6 Å². The Morgan fingerprint density at radius 2 is 2.13 bits per heavy atom. The summed E-state index contributed by atoms with van der Waals surface area (Å²) in [5.74, 6) is 1.44. The summed E-state index contributed by atoms with van der Waals surface area (Å²) < 4.78 is 5.69. The highest BCUT2D eigenvalue weighted by molar-refractivity contribution is 7.99. The van der Waals surface area contributed by atoms with Crippen LogP contribution in [0.15, 0.2) is 0 Å². The number of thioether (sulfide) groups is 1. The highest BCUT2D eigenvalue weighted by atomic mass is 32.2. The fourth-order valence-corrected chi connectivity index (χ4v) is 3.51. The molecule has 6 nitrogen and oxygen atoms in total. The monoisotopic (exact) mass is 345 g/mol. The standard InChI is InChI=1S/C16H31N3O3S/c1-12(2)9-15(20)19-14(16(21)18-7-6-17)11-23-10-13-5-3-4-8-22-13/h12-14H,3-11,17H2,1-2H3,(H,18,21)(H,19,20)/t13?,14-/m1/s1. The number of rotatable bonds is 10. The second-order valence-electron chi connectivity index (χ2n) is 6.32. The van der Waals surface area contributed by atoms with Crippen LogP contribution in [0.1, 0.15) is 39.5 Å². The number of hydrogen-bond donors (Lipinski definition) is 3. The Balaban J connectivity index is 2.41. The molecule has 0 spiro atoms. The number of amides is 2. The number of hydrogen-bond acceptors (Lipinski definition) is 5. The van der Waals surface area contributed by atoms with Crippen molar-refractivity contribution < 1.29 is 14.3 Å². The largest absolute Gasteiger partial charge is 0.377 e. The summed E-state index contributed by atoms with van der Waals surface area (Å²) in [4.78, 5) is 24.1. The third-order valence-electron chi connectivity index (χ3n) is 3.55. The molecule has 1 saturated heterocycles. The van der Waals surface area contributed by atoms with Crippen molar-refractivity contribution in [3.05, 3.63) is 0 Å². The molecule has 0 radical (unpaired) electrons. The molecule has 7 heteroatoms. The molecule has 0 aliphatic carbocycles. The first-order chi connectivity index (χ1) is 11.0. The van der Waals surface area contributed by atoms with Crippen LogP contribution in [0.4, 0.5) is 0 Å². The quantitative estimate of drug-likeness (QED) is 0.547. The Hall–Kier alpha value is -0.790. The minimum absolute atomic E-state index is 0.0811. The average Bonchev–Trinajstić information content (AvgIpc) is 2.52. The fraction of sp³-hybridized carbons (Fsp3) is 0.875. The molecule has 1 fully saturated rings. The molecular weight excluding hydrogens is 314 g/mol. The smallest absolute Gasteiger partial charge is 0.243 e. The van der Waals surface area contributed by atoms with Crippen LogP contribution in [-0.2, 0) is 14.3 Å². The Morgan fingerprint density at radius 1 is 1.35 bits per heavy atom. The maximum atomic E-state index is 12.2. The summed E-state index contributed by atoms with van der Waals surface area (Å²) >= 11 is 1.66. The number of carbonyl (C=O) groups excluding carboxylic acids is 2. The van der Waals surface area contributed by atoms with Gasteiger partial charge in [-0.15, -0.1) is 0 Å². The van der Waals surface area contributed by atoms with E-state index in [0.29, 0.717) is 25.3 Å². The molecule has 1 heterocycles. The van der Waals surface area contributed by atoms with E-state index in [-0.39, 0.29) is 23.8 Å². The van der Waals surface area contributed by atoms with Gasteiger partial charge in [0, 0.05) is 37.6 Å². The van der Waals surface area contributed by atoms with Crippen molar-refractivity contribution in [2.45, 2.75) is 51.7 Å². The minimum atomic E-state index is -0.513. The third-order valence-corrected chi connectivity index (χ3v) is 4.73. The molecule has 1 unspecified atom stereocenters. The van der Waals surface area contributed by atoms with Crippen LogP contribution in [0.5, 0.6) is 0 Å². The van der Waals surface area contributed by atoms with Gasteiger partial charge in [0.05, 0.1) is 6.10 Å². The van der Waals surface area contributed by atoms with Gasteiger partial charge in [0.1, 0.15) is 6.04 Å². The highest BCUT2D eigenvalue weighted by Gasteiger charge is 2.22. The molecule has 0 aromatic heterocycles. The Bertz CT molecular complexity index is 360. The summed E-state index contributed by atoms with van der Waals surface area (Å²) in [5, 5.41) is 5.60. The molecule has 2 atom stereocenters. The Kier molecular flexibility index (Phi) is 10.3. The van der Waals surface area contributed by atoms with E-state index in [2.05, 4.69) is 10.6 Å². The normalized spacial score (nSPS) is 19.4. The molecule has 0 aromatic rings. The van der Waals surface area contributed by atoms with E-state index in [9.17, 15) is 9.59 Å². The molecule has 0 saturated carbocycles. The zero-order valence-corrected chi connectivity index (χ0v) is 15.1. The summed E-state index contributed by atoms with van der Waals surface area (Å²) in [6, 6.07) is -0.513. The Labute approximate surface area is 143 Å². The van der Waals surface area contributed by atoms with E-state index in [4.69, 9.17) is 10.5 Å². The molecule has 2 amide bonds. The lowest BCUT2D eigenvalue weighted by molar-refractivity contribution is -0.128. The van der Waals surface area contributed by atoms with E-state index in [1.165, 1.54) is 6.42 Å². The first-order valence-electron chi connectivity index (χ1n) is 8.49. The van der Waals surface area contributed by atoms with Gasteiger partial charge in [-0.2, -0.15) is 11.8 Å². The average molecular weight is 346 g/mol. The van der Waals surface area contributed by atoms with Gasteiger partial charge in [-0.25, -0.2) is 0 Å². The number of carbonyl (C=O) groups is 2. The lowest BCUT2D eigenvalue weighted by Crippen LogP contribution is -2.49. The van der Waals surface area contributed by atoms with Crippen LogP contribution in [0.3, 0.4) is 0 Å². The van der Waals surface area contributed by atoms with E-state index in [1.54, 1.807) is 11.8 Å². The lowest BCUT2D eigenvalue weighted by Gasteiger charge is -2.23. The van der Waals surface area contributed by atoms with Crippen LogP contribution in [0, 0.1) is 5.92 Å². The van der Waals surface area contributed by atoms with Crippen LogP contribution < -0.4 is 16.4 Å². The first-order valence-corrected chi connectivity index (χ1v) is 9.65. The van der Waals surface area contributed by atoms with Crippen LogP contribution in [-0.4, -0.2) is 55.2 Å². The van der Waals surface area contributed by atoms with Gasteiger partial charge >= 0.3 is 0 Å². The lowest BCUT2D eigenvalue weighted by atomic mass is 10.1. The van der Waals surface area contributed by atoms with Gasteiger partial charge < -0.3 is 21.1 Å². The second-order valence-corrected chi connectivity index (χ2v) is 7.40.